The molecule has 98 heavy (non-hydrogen) atoms. The summed E-state index contributed by atoms with van der Waals surface area (Å²) in [6.07, 6.45) is 54.1. The lowest BCUT2D eigenvalue weighted by molar-refractivity contribution is -0.161. The number of aliphatic hydroxyl groups excluding tert-OH is 1. The molecule has 0 aromatic carbocycles. The third-order valence-electron chi connectivity index (χ3n) is 18.3. The van der Waals surface area contributed by atoms with Crippen LogP contribution in [0.4, 0.5) is 0 Å². The molecule has 0 amide bonds. The lowest BCUT2D eigenvalue weighted by Crippen LogP contribution is -2.30. The van der Waals surface area contributed by atoms with Crippen molar-refractivity contribution >= 4 is 39.5 Å². The second kappa shape index (κ2) is 68.2. The highest BCUT2D eigenvalue weighted by Gasteiger charge is 2.30. The van der Waals surface area contributed by atoms with Gasteiger partial charge in [-0.1, -0.05) is 351 Å². The first-order valence-corrected chi connectivity index (χ1v) is 43.7. The number of phosphoric acid groups is 2. The molecule has 0 aromatic rings. The summed E-state index contributed by atoms with van der Waals surface area (Å²) in [5.41, 5.74) is 0. The Labute approximate surface area is 600 Å². The summed E-state index contributed by atoms with van der Waals surface area (Å²) in [6.45, 7) is 14.2. The van der Waals surface area contributed by atoms with Crippen LogP contribution in [-0.2, 0) is 65.4 Å². The fourth-order valence-corrected chi connectivity index (χ4v) is 13.7. The van der Waals surface area contributed by atoms with Crippen LogP contribution in [0.15, 0.2) is 0 Å². The van der Waals surface area contributed by atoms with Crippen molar-refractivity contribution < 1.29 is 80.2 Å². The standard InChI is InChI=1S/C79H154O17P2/c1-69(2)55-47-39-31-23-17-13-11-9-10-12-14-20-28-37-45-53-61-78(83)95-74(65-89-76(81)59-51-43-35-27-19-16-15-18-24-32-40-48-56-70(3)4)67-93-97(85,86)91-63-73(80)64-92-98(87,88)94-68-75(96-79(84)62-54-46-38-30-22-26-34-42-50-58-72(7)8)66-90-77(82)60-52-44-36-29-21-25-33-41-49-57-71(5)6/h69-75,80H,9-68H2,1-8H3,(H,85,86)(H,87,88)/t73-,74-,75-/m1/s1. The Morgan fingerprint density at radius 3 is 0.633 bits per heavy atom. The van der Waals surface area contributed by atoms with Gasteiger partial charge in [-0.15, -0.1) is 0 Å². The van der Waals surface area contributed by atoms with Crippen molar-refractivity contribution in [3.8, 4) is 0 Å². The molecule has 0 aliphatic heterocycles. The van der Waals surface area contributed by atoms with E-state index in [1.54, 1.807) is 0 Å². The van der Waals surface area contributed by atoms with Crippen LogP contribution < -0.4 is 0 Å². The molecule has 3 N–H and O–H groups in total. The molecule has 0 fully saturated rings. The maximum Gasteiger partial charge on any atom is 0.472 e. The maximum absolute atomic E-state index is 13.1. The van der Waals surface area contributed by atoms with E-state index in [-0.39, 0.29) is 25.7 Å². The molecule has 2 unspecified atom stereocenters. The van der Waals surface area contributed by atoms with Crippen LogP contribution in [0.1, 0.15) is 402 Å². The number of hydrogen-bond acceptors (Lipinski definition) is 15. The van der Waals surface area contributed by atoms with Gasteiger partial charge in [0.2, 0.25) is 0 Å². The van der Waals surface area contributed by atoms with Crippen LogP contribution in [0.2, 0.25) is 0 Å². The summed E-state index contributed by atoms with van der Waals surface area (Å²) in [5.74, 6) is 0.955. The Kier molecular flexibility index (Phi) is 66.8. The highest BCUT2D eigenvalue weighted by Crippen LogP contribution is 2.45. The molecule has 0 aromatic heterocycles. The molecule has 0 aliphatic carbocycles. The average Bonchev–Trinajstić information content (AvgIpc) is 0.993. The summed E-state index contributed by atoms with van der Waals surface area (Å²) in [6, 6.07) is 0. The van der Waals surface area contributed by atoms with Gasteiger partial charge >= 0.3 is 39.5 Å². The number of ether oxygens (including phenoxy) is 4. The van der Waals surface area contributed by atoms with E-state index in [9.17, 15) is 43.2 Å². The molecule has 582 valence electrons. The van der Waals surface area contributed by atoms with Gasteiger partial charge in [-0.25, -0.2) is 9.13 Å². The molecule has 0 radical (unpaired) electrons. The maximum atomic E-state index is 13.1. The predicted octanol–water partition coefficient (Wildman–Crippen LogP) is 23.2. The quantitative estimate of drug-likeness (QED) is 0.0222. The van der Waals surface area contributed by atoms with E-state index in [2.05, 4.69) is 55.4 Å². The van der Waals surface area contributed by atoms with E-state index >= 15 is 0 Å². The Bertz CT molecular complexity index is 1920. The Balaban J connectivity index is 5.25. The van der Waals surface area contributed by atoms with Gasteiger partial charge < -0.3 is 33.8 Å². The van der Waals surface area contributed by atoms with Crippen LogP contribution in [-0.4, -0.2) is 96.7 Å². The van der Waals surface area contributed by atoms with Crippen molar-refractivity contribution in [3.63, 3.8) is 0 Å². The predicted molar refractivity (Wildman–Crippen MR) is 400 cm³/mol. The Morgan fingerprint density at radius 1 is 0.255 bits per heavy atom. The van der Waals surface area contributed by atoms with Crippen LogP contribution in [0.5, 0.6) is 0 Å². The minimum atomic E-state index is -4.96. The van der Waals surface area contributed by atoms with Gasteiger partial charge in [0.1, 0.15) is 19.3 Å². The number of carbonyl (C=O) groups excluding carboxylic acids is 4. The third kappa shape index (κ3) is 72.4. The SMILES string of the molecule is CC(C)CCCCCCCCCCCCCCCCCCC(=O)O[C@H](COC(=O)CCCCCCCCCCCCCCC(C)C)COP(=O)(O)OC[C@@H](O)COP(=O)(O)OC[C@@H](COC(=O)CCCCCCCCCCCC(C)C)OC(=O)CCCCCCCCCCCC(C)C. The number of rotatable bonds is 76. The monoisotopic (exact) mass is 1440 g/mol. The smallest absolute Gasteiger partial charge is 0.462 e. The second-order valence-corrected chi connectivity index (χ2v) is 33.3. The van der Waals surface area contributed by atoms with Crippen LogP contribution >= 0.6 is 15.6 Å². The average molecular weight is 1440 g/mol. The van der Waals surface area contributed by atoms with E-state index in [1.165, 1.54) is 205 Å². The number of esters is 4. The molecule has 17 nitrogen and oxygen atoms in total. The normalized spacial score (nSPS) is 14.1. The first-order valence-electron chi connectivity index (χ1n) is 40.7. The van der Waals surface area contributed by atoms with Gasteiger partial charge in [0, 0.05) is 25.7 Å². The summed E-state index contributed by atoms with van der Waals surface area (Å²) in [5, 5.41) is 10.6. The van der Waals surface area contributed by atoms with E-state index in [0.717, 1.165) is 114 Å². The topological polar surface area (TPSA) is 237 Å². The van der Waals surface area contributed by atoms with Crippen LogP contribution in [0.25, 0.3) is 0 Å². The van der Waals surface area contributed by atoms with Gasteiger partial charge in [0.25, 0.3) is 0 Å². The first kappa shape index (κ1) is 96.1. The summed E-state index contributed by atoms with van der Waals surface area (Å²) in [7, 11) is -9.92. The summed E-state index contributed by atoms with van der Waals surface area (Å²) >= 11 is 0. The zero-order chi connectivity index (χ0) is 72.4. The summed E-state index contributed by atoms with van der Waals surface area (Å²) in [4.78, 5) is 73.0. The largest absolute Gasteiger partial charge is 0.472 e. The van der Waals surface area contributed by atoms with E-state index < -0.39 is 97.5 Å². The zero-order valence-electron chi connectivity index (χ0n) is 64.4. The molecule has 0 saturated heterocycles. The minimum Gasteiger partial charge on any atom is -0.462 e. The van der Waals surface area contributed by atoms with Crippen LogP contribution in [0, 0.1) is 23.7 Å². The lowest BCUT2D eigenvalue weighted by Gasteiger charge is -2.21. The van der Waals surface area contributed by atoms with Gasteiger partial charge in [-0.05, 0) is 49.4 Å². The number of carbonyl (C=O) groups is 4. The fraction of sp³-hybridized carbons (Fsp3) is 0.949. The van der Waals surface area contributed by atoms with E-state index in [0.29, 0.717) is 25.7 Å². The van der Waals surface area contributed by atoms with Gasteiger partial charge in [-0.3, -0.25) is 37.3 Å². The molecule has 0 rings (SSSR count). The lowest BCUT2D eigenvalue weighted by atomic mass is 10.0. The number of aliphatic hydroxyl groups is 1. The van der Waals surface area contributed by atoms with Crippen molar-refractivity contribution in [2.24, 2.45) is 23.7 Å². The third-order valence-corrected chi connectivity index (χ3v) is 20.2. The van der Waals surface area contributed by atoms with Crippen molar-refractivity contribution in [2.75, 3.05) is 39.6 Å². The molecule has 0 saturated carbocycles. The van der Waals surface area contributed by atoms with E-state index in [4.69, 9.17) is 37.0 Å². The molecular weight excluding hydrogens is 1280 g/mol. The molecular formula is C79H154O17P2. The minimum absolute atomic E-state index is 0.105. The highest BCUT2D eigenvalue weighted by atomic mass is 31.2. The van der Waals surface area contributed by atoms with Crippen molar-refractivity contribution in [3.05, 3.63) is 0 Å². The number of unbranched alkanes of at least 4 members (excludes halogenated alkanes) is 42. The van der Waals surface area contributed by atoms with Crippen molar-refractivity contribution in [2.45, 2.75) is 420 Å². The Morgan fingerprint density at radius 2 is 0.429 bits per heavy atom. The first-order chi connectivity index (χ1) is 47.1. The molecule has 5 atom stereocenters. The Hall–Kier alpha value is -1.94. The molecule has 0 aliphatic rings. The van der Waals surface area contributed by atoms with Crippen molar-refractivity contribution in [1.29, 1.82) is 0 Å². The van der Waals surface area contributed by atoms with Crippen molar-refractivity contribution in [1.82, 2.24) is 0 Å². The molecule has 0 heterocycles. The van der Waals surface area contributed by atoms with E-state index in [1.807, 2.05) is 0 Å². The van der Waals surface area contributed by atoms with Gasteiger partial charge in [0.15, 0.2) is 12.2 Å². The molecule has 19 heteroatoms. The summed E-state index contributed by atoms with van der Waals surface area (Å²) < 4.78 is 68.6. The fourth-order valence-electron chi connectivity index (χ4n) is 12.1. The molecule has 0 spiro atoms. The number of phosphoric ester groups is 2. The van der Waals surface area contributed by atoms with Crippen LogP contribution in [0.3, 0.4) is 0 Å². The zero-order valence-corrected chi connectivity index (χ0v) is 66.2. The second-order valence-electron chi connectivity index (χ2n) is 30.4. The van der Waals surface area contributed by atoms with Gasteiger partial charge in [0.05, 0.1) is 26.4 Å². The highest BCUT2D eigenvalue weighted by molar-refractivity contribution is 7.47. The van der Waals surface area contributed by atoms with Gasteiger partial charge in [-0.2, -0.15) is 0 Å². The number of hydrogen-bond donors (Lipinski definition) is 3. The molecule has 0 bridgehead atoms.